The highest BCUT2D eigenvalue weighted by molar-refractivity contribution is 6.11. The van der Waals surface area contributed by atoms with Gasteiger partial charge in [-0.3, -0.25) is 4.79 Å². The number of carbonyl (C=O) groups excluding carboxylic acids is 1. The third kappa shape index (κ3) is 2.10. The standard InChI is InChI=1S/C13H13N3O/c1-8-7-9(4-5-11(8)14)12(17)10-3-2-6-16-13(10)15/h2-7H,14H2,1H3,(H2,15,16). The maximum Gasteiger partial charge on any atom is 0.196 e. The number of carbonyl (C=O) groups is 1. The van der Waals surface area contributed by atoms with Crippen LogP contribution in [0.1, 0.15) is 21.5 Å². The Bertz CT molecular complexity index is 579. The first-order valence-corrected chi connectivity index (χ1v) is 5.21. The number of anilines is 2. The molecule has 2 aromatic rings. The molecule has 0 aliphatic heterocycles. The molecule has 0 saturated heterocycles. The van der Waals surface area contributed by atoms with Gasteiger partial charge in [-0.1, -0.05) is 0 Å². The molecule has 1 heterocycles. The summed E-state index contributed by atoms with van der Waals surface area (Å²) in [7, 11) is 0. The van der Waals surface area contributed by atoms with Gasteiger partial charge in [0.15, 0.2) is 5.78 Å². The molecule has 4 nitrogen and oxygen atoms in total. The molecule has 0 radical (unpaired) electrons. The molecule has 0 aliphatic rings. The van der Waals surface area contributed by atoms with Gasteiger partial charge < -0.3 is 11.5 Å². The van der Waals surface area contributed by atoms with Crippen LogP contribution in [0.2, 0.25) is 0 Å². The van der Waals surface area contributed by atoms with Crippen molar-refractivity contribution in [3.8, 4) is 0 Å². The number of aromatic nitrogens is 1. The Balaban J connectivity index is 2.44. The van der Waals surface area contributed by atoms with Gasteiger partial charge in [-0.25, -0.2) is 4.98 Å². The minimum Gasteiger partial charge on any atom is -0.399 e. The normalized spacial score (nSPS) is 10.2. The third-order valence-electron chi connectivity index (χ3n) is 2.62. The first-order valence-electron chi connectivity index (χ1n) is 5.21. The number of benzene rings is 1. The van der Waals surface area contributed by atoms with Gasteiger partial charge in [0.2, 0.25) is 0 Å². The number of hydrogen-bond acceptors (Lipinski definition) is 4. The molecule has 86 valence electrons. The van der Waals surface area contributed by atoms with Gasteiger partial charge >= 0.3 is 0 Å². The fraction of sp³-hybridized carbons (Fsp3) is 0.0769. The summed E-state index contributed by atoms with van der Waals surface area (Å²) in [4.78, 5) is 16.1. The first-order chi connectivity index (χ1) is 8.09. The number of nitrogens with two attached hydrogens (primary N) is 2. The number of nitrogens with zero attached hydrogens (tertiary/aromatic N) is 1. The minimum absolute atomic E-state index is 0.140. The predicted octanol–water partition coefficient (Wildman–Crippen LogP) is 1.79. The molecule has 0 bridgehead atoms. The highest BCUT2D eigenvalue weighted by Crippen LogP contribution is 2.18. The Hall–Kier alpha value is -2.36. The average Bonchev–Trinajstić information content (AvgIpc) is 2.32. The van der Waals surface area contributed by atoms with Gasteiger partial charge in [-0.05, 0) is 42.8 Å². The molecule has 17 heavy (non-hydrogen) atoms. The smallest absolute Gasteiger partial charge is 0.196 e. The third-order valence-corrected chi connectivity index (χ3v) is 2.62. The zero-order valence-electron chi connectivity index (χ0n) is 9.47. The maximum absolute atomic E-state index is 12.2. The summed E-state index contributed by atoms with van der Waals surface area (Å²) in [6.45, 7) is 1.86. The van der Waals surface area contributed by atoms with E-state index in [2.05, 4.69) is 4.98 Å². The van der Waals surface area contributed by atoms with Gasteiger partial charge in [-0.2, -0.15) is 0 Å². The number of hydrogen-bond donors (Lipinski definition) is 2. The van der Waals surface area contributed by atoms with Crippen molar-refractivity contribution in [2.45, 2.75) is 6.92 Å². The Kier molecular flexibility index (Phi) is 2.78. The van der Waals surface area contributed by atoms with Gasteiger partial charge in [0.25, 0.3) is 0 Å². The fourth-order valence-electron chi connectivity index (χ4n) is 1.58. The Morgan fingerprint density at radius 1 is 1.24 bits per heavy atom. The van der Waals surface area contributed by atoms with Crippen LogP contribution in [0.4, 0.5) is 11.5 Å². The van der Waals surface area contributed by atoms with Crippen LogP contribution >= 0.6 is 0 Å². The number of rotatable bonds is 2. The molecule has 0 atom stereocenters. The highest BCUT2D eigenvalue weighted by Gasteiger charge is 2.13. The molecular weight excluding hydrogens is 214 g/mol. The van der Waals surface area contributed by atoms with Gasteiger partial charge in [0.1, 0.15) is 5.82 Å². The van der Waals surface area contributed by atoms with Crippen molar-refractivity contribution < 1.29 is 4.79 Å². The molecule has 4 N–H and O–H groups in total. The topological polar surface area (TPSA) is 82.0 Å². The fourth-order valence-corrected chi connectivity index (χ4v) is 1.58. The van der Waals surface area contributed by atoms with Crippen molar-refractivity contribution in [2.75, 3.05) is 11.5 Å². The van der Waals surface area contributed by atoms with Crippen molar-refractivity contribution in [3.63, 3.8) is 0 Å². The van der Waals surface area contributed by atoms with Crippen molar-refractivity contribution in [3.05, 3.63) is 53.2 Å². The quantitative estimate of drug-likeness (QED) is 0.605. The summed E-state index contributed by atoms with van der Waals surface area (Å²) in [5.74, 6) is 0.102. The highest BCUT2D eigenvalue weighted by atomic mass is 16.1. The zero-order valence-corrected chi connectivity index (χ0v) is 9.47. The maximum atomic E-state index is 12.2. The van der Waals surface area contributed by atoms with Crippen LogP contribution in [0.5, 0.6) is 0 Å². The minimum atomic E-state index is -0.140. The van der Waals surface area contributed by atoms with Gasteiger partial charge in [0.05, 0.1) is 5.56 Å². The number of nitrogen functional groups attached to an aromatic ring is 2. The lowest BCUT2D eigenvalue weighted by Gasteiger charge is -2.06. The number of aryl methyl sites for hydroxylation is 1. The van der Waals surface area contributed by atoms with E-state index in [-0.39, 0.29) is 11.6 Å². The summed E-state index contributed by atoms with van der Waals surface area (Å²) < 4.78 is 0. The summed E-state index contributed by atoms with van der Waals surface area (Å²) in [5, 5.41) is 0. The van der Waals surface area contributed by atoms with E-state index >= 15 is 0 Å². The van der Waals surface area contributed by atoms with E-state index in [1.807, 2.05) is 6.92 Å². The van der Waals surface area contributed by atoms with E-state index in [0.29, 0.717) is 16.8 Å². The van der Waals surface area contributed by atoms with Crippen LogP contribution in [0.25, 0.3) is 0 Å². The van der Waals surface area contributed by atoms with Crippen LogP contribution in [0.3, 0.4) is 0 Å². The van der Waals surface area contributed by atoms with Gasteiger partial charge in [-0.15, -0.1) is 0 Å². The molecule has 0 aliphatic carbocycles. The lowest BCUT2D eigenvalue weighted by atomic mass is 10.0. The Morgan fingerprint density at radius 3 is 2.65 bits per heavy atom. The summed E-state index contributed by atoms with van der Waals surface area (Å²) in [5.41, 5.74) is 13.9. The second-order valence-corrected chi connectivity index (χ2v) is 3.84. The molecule has 2 rings (SSSR count). The van der Waals surface area contributed by atoms with Crippen LogP contribution in [-0.2, 0) is 0 Å². The van der Waals surface area contributed by atoms with Crippen molar-refractivity contribution in [1.82, 2.24) is 4.98 Å². The molecule has 0 fully saturated rings. The lowest BCUT2D eigenvalue weighted by molar-refractivity contribution is 0.103. The molecule has 0 spiro atoms. The lowest BCUT2D eigenvalue weighted by Crippen LogP contribution is -2.07. The molecule has 4 heteroatoms. The summed E-state index contributed by atoms with van der Waals surface area (Å²) >= 11 is 0. The zero-order chi connectivity index (χ0) is 12.4. The second kappa shape index (κ2) is 4.25. The van der Waals surface area contributed by atoms with E-state index in [0.717, 1.165) is 5.56 Å². The van der Waals surface area contributed by atoms with Crippen LogP contribution in [0, 0.1) is 6.92 Å². The first kappa shape index (κ1) is 11.1. The Labute approximate surface area is 99.3 Å². The summed E-state index contributed by atoms with van der Waals surface area (Å²) in [6, 6.07) is 8.51. The molecule has 0 unspecified atom stereocenters. The van der Waals surface area contributed by atoms with Crippen molar-refractivity contribution in [2.24, 2.45) is 0 Å². The largest absolute Gasteiger partial charge is 0.399 e. The number of pyridine rings is 1. The van der Waals surface area contributed by atoms with E-state index in [9.17, 15) is 4.79 Å². The number of ketones is 1. The predicted molar refractivity (Wildman–Crippen MR) is 67.7 cm³/mol. The van der Waals surface area contributed by atoms with E-state index in [4.69, 9.17) is 11.5 Å². The molecular formula is C13H13N3O. The average molecular weight is 227 g/mol. The Morgan fingerprint density at radius 2 is 2.00 bits per heavy atom. The van der Waals surface area contributed by atoms with Gasteiger partial charge in [0, 0.05) is 17.4 Å². The second-order valence-electron chi connectivity index (χ2n) is 3.84. The molecule has 1 aromatic carbocycles. The molecule has 0 saturated carbocycles. The van der Waals surface area contributed by atoms with Crippen molar-refractivity contribution in [1.29, 1.82) is 0 Å². The monoisotopic (exact) mass is 227 g/mol. The van der Waals surface area contributed by atoms with E-state index < -0.39 is 0 Å². The van der Waals surface area contributed by atoms with E-state index in [1.165, 1.54) is 0 Å². The molecule has 1 aromatic heterocycles. The SMILES string of the molecule is Cc1cc(C(=O)c2cccnc2N)ccc1N. The molecule has 0 amide bonds. The van der Waals surface area contributed by atoms with Crippen LogP contribution in [-0.4, -0.2) is 10.8 Å². The van der Waals surface area contributed by atoms with Crippen molar-refractivity contribution >= 4 is 17.3 Å². The van der Waals surface area contributed by atoms with E-state index in [1.54, 1.807) is 36.5 Å². The summed E-state index contributed by atoms with van der Waals surface area (Å²) in [6.07, 6.45) is 1.56. The van der Waals surface area contributed by atoms with Crippen LogP contribution in [0.15, 0.2) is 36.5 Å². The van der Waals surface area contributed by atoms with Crippen LogP contribution < -0.4 is 11.5 Å².